The molecule has 0 saturated carbocycles. The van der Waals surface area contributed by atoms with Crippen LogP contribution in [-0.2, 0) is 17.8 Å². The van der Waals surface area contributed by atoms with Crippen molar-refractivity contribution in [2.24, 2.45) is 0 Å². The molecule has 0 amide bonds. The molecular formula is C25H32N4O2. The van der Waals surface area contributed by atoms with Gasteiger partial charge in [-0.1, -0.05) is 24.3 Å². The number of nitrogens with one attached hydrogen (secondary N) is 1. The first-order valence-electron chi connectivity index (χ1n) is 11.6. The number of benzene rings is 1. The summed E-state index contributed by atoms with van der Waals surface area (Å²) in [6.45, 7) is 8.78. The molecule has 1 fully saturated rings. The lowest BCUT2D eigenvalue weighted by molar-refractivity contribution is 0.111. The van der Waals surface area contributed by atoms with Crippen LogP contribution in [0.1, 0.15) is 29.5 Å². The van der Waals surface area contributed by atoms with E-state index in [1.54, 1.807) is 0 Å². The second kappa shape index (κ2) is 9.71. The van der Waals surface area contributed by atoms with E-state index >= 15 is 0 Å². The van der Waals surface area contributed by atoms with E-state index in [0.717, 1.165) is 89.7 Å². The van der Waals surface area contributed by atoms with Crippen LogP contribution in [0.3, 0.4) is 0 Å². The molecule has 164 valence electrons. The monoisotopic (exact) mass is 420 g/mol. The average molecular weight is 421 g/mol. The minimum Gasteiger partial charge on any atom is -0.478 e. The minimum absolute atomic E-state index is 0.715. The molecule has 1 saturated heterocycles. The Bertz CT molecular complexity index is 922. The Kier molecular flexibility index (Phi) is 6.37. The van der Waals surface area contributed by atoms with Crippen LogP contribution in [0, 0.1) is 0 Å². The molecule has 6 heteroatoms. The zero-order valence-electron chi connectivity index (χ0n) is 18.2. The van der Waals surface area contributed by atoms with Crippen LogP contribution in [0.2, 0.25) is 0 Å². The summed E-state index contributed by atoms with van der Waals surface area (Å²) in [4.78, 5) is 9.71. The first-order chi connectivity index (χ1) is 15.4. The van der Waals surface area contributed by atoms with Gasteiger partial charge in [0.1, 0.15) is 5.82 Å². The third kappa shape index (κ3) is 4.86. The number of nitrogens with zero attached hydrogens (tertiary/aromatic N) is 3. The Hall–Kier alpha value is -2.57. The number of fused-ring (bicyclic) bond motifs is 2. The van der Waals surface area contributed by atoms with E-state index in [2.05, 4.69) is 56.5 Å². The molecule has 31 heavy (non-hydrogen) atoms. The van der Waals surface area contributed by atoms with E-state index < -0.39 is 0 Å². The topological polar surface area (TPSA) is 49.9 Å². The van der Waals surface area contributed by atoms with E-state index in [4.69, 9.17) is 9.47 Å². The molecule has 4 heterocycles. The van der Waals surface area contributed by atoms with Crippen LogP contribution in [0.15, 0.2) is 36.4 Å². The van der Waals surface area contributed by atoms with E-state index in [1.165, 1.54) is 16.8 Å². The van der Waals surface area contributed by atoms with Crippen molar-refractivity contribution in [1.82, 2.24) is 9.88 Å². The molecule has 0 spiro atoms. The standard InChI is InChI=1S/C25H32N4O2/c1(2-17-31-24-9-8-20-6-4-11-26-25(20)27-24)12-28-13-15-29(16-14-28)23-7-3-5-21-19-30-18-10-22(21)23/h3-9H,1-2,10-19H2,(H,26,27). The summed E-state index contributed by atoms with van der Waals surface area (Å²) < 4.78 is 11.5. The van der Waals surface area contributed by atoms with Crippen molar-refractivity contribution >= 4 is 17.6 Å². The largest absolute Gasteiger partial charge is 0.478 e. The van der Waals surface area contributed by atoms with Gasteiger partial charge >= 0.3 is 0 Å². The lowest BCUT2D eigenvalue weighted by atomic mass is 10.00. The highest BCUT2D eigenvalue weighted by molar-refractivity contribution is 5.67. The SMILES string of the molecule is C1=Cc2ccc(OCCCCN3CCN(c4cccc5c4CCOC5)CC3)nc2NC1. The average Bonchev–Trinajstić information content (AvgIpc) is 2.84. The van der Waals surface area contributed by atoms with Gasteiger partial charge in [-0.25, -0.2) is 0 Å². The summed E-state index contributed by atoms with van der Waals surface area (Å²) in [6.07, 6.45) is 7.45. The van der Waals surface area contributed by atoms with Gasteiger partial charge in [0.2, 0.25) is 5.88 Å². The van der Waals surface area contributed by atoms with Gasteiger partial charge in [-0.05, 0) is 49.1 Å². The number of aromatic nitrogens is 1. The third-order valence-electron chi connectivity index (χ3n) is 6.42. The van der Waals surface area contributed by atoms with Crippen molar-refractivity contribution in [3.05, 3.63) is 53.1 Å². The van der Waals surface area contributed by atoms with Gasteiger partial charge < -0.3 is 19.7 Å². The lowest BCUT2D eigenvalue weighted by Gasteiger charge is -2.38. The second-order valence-corrected chi connectivity index (χ2v) is 8.47. The maximum Gasteiger partial charge on any atom is 0.215 e. The van der Waals surface area contributed by atoms with Crippen molar-refractivity contribution in [1.29, 1.82) is 0 Å². The highest BCUT2D eigenvalue weighted by Gasteiger charge is 2.21. The molecule has 0 radical (unpaired) electrons. The normalized spacial score (nSPS) is 18.3. The summed E-state index contributed by atoms with van der Waals surface area (Å²) in [6, 6.07) is 10.7. The second-order valence-electron chi connectivity index (χ2n) is 8.47. The van der Waals surface area contributed by atoms with Crippen molar-refractivity contribution in [2.75, 3.05) is 62.7 Å². The van der Waals surface area contributed by atoms with Gasteiger partial charge in [0, 0.05) is 50.0 Å². The summed E-state index contributed by atoms with van der Waals surface area (Å²) in [5.74, 6) is 1.64. The molecule has 1 N–H and O–H groups in total. The molecule has 1 aromatic heterocycles. The molecule has 6 nitrogen and oxygen atoms in total. The third-order valence-corrected chi connectivity index (χ3v) is 6.42. The van der Waals surface area contributed by atoms with Crippen molar-refractivity contribution in [3.63, 3.8) is 0 Å². The van der Waals surface area contributed by atoms with Gasteiger partial charge in [0.05, 0.1) is 19.8 Å². The fourth-order valence-corrected chi connectivity index (χ4v) is 4.67. The van der Waals surface area contributed by atoms with Crippen LogP contribution in [0.4, 0.5) is 11.5 Å². The first-order valence-corrected chi connectivity index (χ1v) is 11.6. The summed E-state index contributed by atoms with van der Waals surface area (Å²) in [7, 11) is 0. The Balaban J connectivity index is 1.03. The predicted octanol–water partition coefficient (Wildman–Crippen LogP) is 3.57. The highest BCUT2D eigenvalue weighted by atomic mass is 16.5. The maximum atomic E-state index is 5.88. The Morgan fingerprint density at radius 3 is 2.94 bits per heavy atom. The summed E-state index contributed by atoms with van der Waals surface area (Å²) in [5.41, 5.74) is 5.42. The van der Waals surface area contributed by atoms with Crippen LogP contribution in [0.5, 0.6) is 5.88 Å². The molecule has 0 bridgehead atoms. The number of hydrogen-bond donors (Lipinski definition) is 1. The molecule has 3 aliphatic heterocycles. The van der Waals surface area contributed by atoms with Crippen LogP contribution < -0.4 is 15.0 Å². The zero-order valence-corrected chi connectivity index (χ0v) is 18.2. The first kappa shape index (κ1) is 20.3. The number of ether oxygens (including phenoxy) is 2. The Labute approximate surface area is 184 Å². The number of anilines is 2. The van der Waals surface area contributed by atoms with Gasteiger partial charge in [0.25, 0.3) is 0 Å². The number of unbranched alkanes of at least 4 members (excludes halogenated alkanes) is 1. The van der Waals surface area contributed by atoms with E-state index in [9.17, 15) is 0 Å². The molecule has 1 aromatic carbocycles. The fraction of sp³-hybridized carbons (Fsp3) is 0.480. The summed E-state index contributed by atoms with van der Waals surface area (Å²) >= 11 is 0. The molecule has 2 aromatic rings. The van der Waals surface area contributed by atoms with Crippen LogP contribution in [-0.4, -0.2) is 62.4 Å². The minimum atomic E-state index is 0.715. The van der Waals surface area contributed by atoms with Crippen molar-refractivity contribution < 1.29 is 9.47 Å². The maximum absolute atomic E-state index is 5.88. The van der Waals surface area contributed by atoms with Crippen LogP contribution >= 0.6 is 0 Å². The number of hydrogen-bond acceptors (Lipinski definition) is 6. The predicted molar refractivity (Wildman–Crippen MR) is 125 cm³/mol. The zero-order chi connectivity index (χ0) is 20.9. The van der Waals surface area contributed by atoms with Crippen molar-refractivity contribution in [3.8, 4) is 5.88 Å². The Morgan fingerprint density at radius 1 is 1.06 bits per heavy atom. The molecule has 0 unspecified atom stereocenters. The molecular weight excluding hydrogens is 388 g/mol. The Morgan fingerprint density at radius 2 is 2.00 bits per heavy atom. The fourth-order valence-electron chi connectivity index (χ4n) is 4.67. The molecule has 0 aliphatic carbocycles. The van der Waals surface area contributed by atoms with Crippen molar-refractivity contribution in [2.45, 2.75) is 25.9 Å². The van der Waals surface area contributed by atoms with E-state index in [1.807, 2.05) is 6.07 Å². The number of piperazine rings is 1. The summed E-state index contributed by atoms with van der Waals surface area (Å²) in [5, 5.41) is 3.28. The quantitative estimate of drug-likeness (QED) is 0.691. The van der Waals surface area contributed by atoms with Crippen LogP contribution in [0.25, 0.3) is 6.08 Å². The van der Waals surface area contributed by atoms with E-state index in [-0.39, 0.29) is 0 Å². The molecule has 3 aliphatic rings. The molecule has 5 rings (SSSR count). The van der Waals surface area contributed by atoms with Gasteiger partial charge in [0.15, 0.2) is 0 Å². The van der Waals surface area contributed by atoms with Gasteiger partial charge in [-0.15, -0.1) is 0 Å². The number of pyridine rings is 1. The molecule has 0 atom stereocenters. The van der Waals surface area contributed by atoms with E-state index in [0.29, 0.717) is 5.88 Å². The van der Waals surface area contributed by atoms with Gasteiger partial charge in [-0.2, -0.15) is 4.98 Å². The van der Waals surface area contributed by atoms with Gasteiger partial charge in [-0.3, -0.25) is 4.90 Å². The number of rotatable bonds is 7. The lowest BCUT2D eigenvalue weighted by Crippen LogP contribution is -2.47. The highest BCUT2D eigenvalue weighted by Crippen LogP contribution is 2.29. The smallest absolute Gasteiger partial charge is 0.215 e.